The molecule has 114 valence electrons. The van der Waals surface area contributed by atoms with E-state index in [0.29, 0.717) is 6.04 Å². The maximum atomic E-state index is 6.11. The molecule has 0 amide bonds. The van der Waals surface area contributed by atoms with Crippen molar-refractivity contribution in [3.63, 3.8) is 0 Å². The molecule has 0 spiro atoms. The first-order valence-electron chi connectivity index (χ1n) is 7.77. The average molecular weight is 298 g/mol. The molecule has 0 saturated heterocycles. The van der Waals surface area contributed by atoms with Crippen LogP contribution < -0.4 is 10.1 Å². The average Bonchev–Trinajstić information content (AvgIpc) is 2.45. The van der Waals surface area contributed by atoms with Crippen molar-refractivity contribution >= 4 is 11.6 Å². The summed E-state index contributed by atoms with van der Waals surface area (Å²) in [7, 11) is 1.72. The minimum Gasteiger partial charge on any atom is -0.496 e. The Hall–Kier alpha value is -0.730. The number of benzene rings is 1. The molecule has 0 aromatic heterocycles. The van der Waals surface area contributed by atoms with Crippen LogP contribution in [0.2, 0.25) is 5.02 Å². The number of nitrogens with one attached hydrogen (secondary N) is 1. The van der Waals surface area contributed by atoms with Crippen LogP contribution in [0.15, 0.2) is 18.2 Å². The maximum absolute atomic E-state index is 6.11. The van der Waals surface area contributed by atoms with Gasteiger partial charge in [0, 0.05) is 11.1 Å². The number of hydrogen-bond donors (Lipinski definition) is 1. The Morgan fingerprint density at radius 2 is 2.00 bits per heavy atom. The van der Waals surface area contributed by atoms with Crippen LogP contribution in [-0.4, -0.2) is 19.7 Å². The maximum Gasteiger partial charge on any atom is 0.122 e. The minimum atomic E-state index is 0.508. The number of halogens is 1. The second kappa shape index (κ2) is 10.1. The molecule has 3 heteroatoms. The lowest BCUT2D eigenvalue weighted by Gasteiger charge is -2.20. The Morgan fingerprint density at radius 1 is 1.20 bits per heavy atom. The van der Waals surface area contributed by atoms with Gasteiger partial charge in [0.15, 0.2) is 0 Å². The highest BCUT2D eigenvalue weighted by atomic mass is 35.5. The first kappa shape index (κ1) is 17.3. The fourth-order valence-corrected chi connectivity index (χ4v) is 2.63. The highest BCUT2D eigenvalue weighted by Crippen LogP contribution is 2.24. The third-order valence-corrected chi connectivity index (χ3v) is 3.78. The zero-order valence-corrected chi connectivity index (χ0v) is 13.8. The predicted octanol–water partition coefficient (Wildman–Crippen LogP) is 4.84. The SMILES string of the molecule is CCCCCC(Cc1cc(Cl)ccc1OC)NCCC. The quantitative estimate of drug-likeness (QED) is 0.624. The molecule has 0 aliphatic heterocycles. The molecule has 0 fully saturated rings. The van der Waals surface area contributed by atoms with Gasteiger partial charge in [-0.15, -0.1) is 0 Å². The minimum absolute atomic E-state index is 0.508. The van der Waals surface area contributed by atoms with Crippen LogP contribution in [0.1, 0.15) is 51.5 Å². The second-order valence-corrected chi connectivity index (χ2v) is 5.74. The van der Waals surface area contributed by atoms with Crippen molar-refractivity contribution in [2.24, 2.45) is 0 Å². The van der Waals surface area contributed by atoms with Gasteiger partial charge in [0.1, 0.15) is 5.75 Å². The topological polar surface area (TPSA) is 21.3 Å². The van der Waals surface area contributed by atoms with Crippen LogP contribution in [0, 0.1) is 0 Å². The van der Waals surface area contributed by atoms with Crippen molar-refractivity contribution in [2.75, 3.05) is 13.7 Å². The summed E-state index contributed by atoms with van der Waals surface area (Å²) in [4.78, 5) is 0. The molecule has 1 N–H and O–H groups in total. The third-order valence-electron chi connectivity index (χ3n) is 3.55. The summed E-state index contributed by atoms with van der Waals surface area (Å²) in [5, 5.41) is 4.43. The van der Waals surface area contributed by atoms with Crippen molar-refractivity contribution in [3.05, 3.63) is 28.8 Å². The van der Waals surface area contributed by atoms with E-state index in [1.54, 1.807) is 7.11 Å². The molecule has 20 heavy (non-hydrogen) atoms. The van der Waals surface area contributed by atoms with Gasteiger partial charge in [0.25, 0.3) is 0 Å². The van der Waals surface area contributed by atoms with Crippen LogP contribution >= 0.6 is 11.6 Å². The van der Waals surface area contributed by atoms with Gasteiger partial charge in [-0.1, -0.05) is 44.7 Å². The van der Waals surface area contributed by atoms with E-state index in [1.807, 2.05) is 18.2 Å². The molecular weight excluding hydrogens is 270 g/mol. The molecule has 1 atom stereocenters. The predicted molar refractivity (Wildman–Crippen MR) is 87.9 cm³/mol. The zero-order chi connectivity index (χ0) is 14.8. The van der Waals surface area contributed by atoms with E-state index < -0.39 is 0 Å². The van der Waals surface area contributed by atoms with Crippen molar-refractivity contribution in [3.8, 4) is 5.75 Å². The highest BCUT2D eigenvalue weighted by Gasteiger charge is 2.12. The number of unbranched alkanes of at least 4 members (excludes halogenated alkanes) is 2. The van der Waals surface area contributed by atoms with Crippen molar-refractivity contribution in [2.45, 2.75) is 58.4 Å². The summed E-state index contributed by atoms with van der Waals surface area (Å²) >= 11 is 6.11. The number of hydrogen-bond acceptors (Lipinski definition) is 2. The van der Waals surface area contributed by atoms with Gasteiger partial charge in [0.05, 0.1) is 7.11 Å². The summed E-state index contributed by atoms with van der Waals surface area (Å²) in [6.07, 6.45) is 7.20. The Morgan fingerprint density at radius 3 is 2.65 bits per heavy atom. The molecule has 0 bridgehead atoms. The smallest absolute Gasteiger partial charge is 0.122 e. The molecule has 0 radical (unpaired) electrons. The summed E-state index contributed by atoms with van der Waals surface area (Å²) in [5.41, 5.74) is 1.20. The summed E-state index contributed by atoms with van der Waals surface area (Å²) < 4.78 is 5.44. The lowest BCUT2D eigenvalue weighted by atomic mass is 9.99. The van der Waals surface area contributed by atoms with E-state index in [2.05, 4.69) is 19.2 Å². The monoisotopic (exact) mass is 297 g/mol. The summed E-state index contributed by atoms with van der Waals surface area (Å²) in [6, 6.07) is 6.38. The highest BCUT2D eigenvalue weighted by molar-refractivity contribution is 6.30. The van der Waals surface area contributed by atoms with Crippen LogP contribution in [-0.2, 0) is 6.42 Å². The molecule has 0 heterocycles. The Bertz CT molecular complexity index is 381. The number of methoxy groups -OCH3 is 1. The second-order valence-electron chi connectivity index (χ2n) is 5.31. The van der Waals surface area contributed by atoms with Gasteiger partial charge >= 0.3 is 0 Å². The van der Waals surface area contributed by atoms with Crippen LogP contribution in [0.4, 0.5) is 0 Å². The van der Waals surface area contributed by atoms with Crippen LogP contribution in [0.5, 0.6) is 5.75 Å². The zero-order valence-electron chi connectivity index (χ0n) is 13.0. The molecule has 1 rings (SSSR count). The van der Waals surface area contributed by atoms with Gasteiger partial charge in [-0.25, -0.2) is 0 Å². The van der Waals surface area contributed by atoms with E-state index in [-0.39, 0.29) is 0 Å². The number of ether oxygens (including phenoxy) is 1. The Balaban J connectivity index is 2.68. The molecule has 1 aromatic carbocycles. The third kappa shape index (κ3) is 6.15. The van der Waals surface area contributed by atoms with Crippen molar-refractivity contribution in [1.29, 1.82) is 0 Å². The van der Waals surface area contributed by atoms with Crippen molar-refractivity contribution in [1.82, 2.24) is 5.32 Å². The van der Waals surface area contributed by atoms with E-state index >= 15 is 0 Å². The van der Waals surface area contributed by atoms with Gasteiger partial charge < -0.3 is 10.1 Å². The lowest BCUT2D eigenvalue weighted by molar-refractivity contribution is 0.400. The molecule has 0 aliphatic rings. The van der Waals surface area contributed by atoms with Gasteiger partial charge in [-0.05, 0) is 49.6 Å². The van der Waals surface area contributed by atoms with Gasteiger partial charge in [-0.3, -0.25) is 0 Å². The lowest BCUT2D eigenvalue weighted by Crippen LogP contribution is -2.32. The Kier molecular flexibility index (Phi) is 8.72. The molecule has 1 aromatic rings. The van der Waals surface area contributed by atoms with Gasteiger partial charge in [0.2, 0.25) is 0 Å². The van der Waals surface area contributed by atoms with E-state index in [0.717, 1.165) is 30.2 Å². The fourth-order valence-electron chi connectivity index (χ4n) is 2.44. The van der Waals surface area contributed by atoms with Crippen LogP contribution in [0.3, 0.4) is 0 Å². The van der Waals surface area contributed by atoms with E-state index in [4.69, 9.17) is 16.3 Å². The Labute approximate surface area is 128 Å². The summed E-state index contributed by atoms with van der Waals surface area (Å²) in [5.74, 6) is 0.938. The fraction of sp³-hybridized carbons (Fsp3) is 0.647. The summed E-state index contributed by atoms with van der Waals surface area (Å²) in [6.45, 7) is 5.52. The standard InChI is InChI=1S/C17H28ClNO/c1-4-6-7-8-16(19-11-5-2)13-14-12-15(18)9-10-17(14)20-3/h9-10,12,16,19H,4-8,11,13H2,1-3H3. The number of rotatable bonds is 10. The van der Waals surface area contributed by atoms with Gasteiger partial charge in [-0.2, -0.15) is 0 Å². The molecule has 2 nitrogen and oxygen atoms in total. The first-order valence-corrected chi connectivity index (χ1v) is 8.14. The molecule has 0 saturated carbocycles. The molecule has 1 unspecified atom stereocenters. The molecular formula is C17H28ClNO. The van der Waals surface area contributed by atoms with E-state index in [1.165, 1.54) is 31.2 Å². The largest absolute Gasteiger partial charge is 0.496 e. The molecule has 0 aliphatic carbocycles. The first-order chi connectivity index (χ1) is 9.71. The normalized spacial score (nSPS) is 12.4. The van der Waals surface area contributed by atoms with Crippen molar-refractivity contribution < 1.29 is 4.74 Å². The van der Waals surface area contributed by atoms with E-state index in [9.17, 15) is 0 Å². The van der Waals surface area contributed by atoms with Crippen LogP contribution in [0.25, 0.3) is 0 Å².